The van der Waals surface area contributed by atoms with Crippen LogP contribution < -0.4 is 10.1 Å². The second-order valence-electron chi connectivity index (χ2n) is 11.1. The van der Waals surface area contributed by atoms with Crippen LogP contribution in [-0.4, -0.2) is 59.1 Å². The lowest BCUT2D eigenvalue weighted by molar-refractivity contribution is -0.156. The second kappa shape index (κ2) is 12.7. The number of carbonyl (C=O) groups excluding carboxylic acids is 2. The Morgan fingerprint density at radius 1 is 1.10 bits per heavy atom. The van der Waals surface area contributed by atoms with Gasteiger partial charge in [0.1, 0.15) is 23.2 Å². The average Bonchev–Trinajstić information content (AvgIpc) is 3.32. The molecule has 0 saturated heterocycles. The minimum Gasteiger partial charge on any atom is -0.497 e. The number of pyridine rings is 2. The number of hydrogen-bond donors (Lipinski definition) is 1. The summed E-state index contributed by atoms with van der Waals surface area (Å²) < 4.78 is 12.9. The van der Waals surface area contributed by atoms with Crippen molar-refractivity contribution in [2.45, 2.75) is 27.5 Å². The van der Waals surface area contributed by atoms with Gasteiger partial charge in [-0.2, -0.15) is 5.26 Å². The van der Waals surface area contributed by atoms with Gasteiger partial charge in [0.2, 0.25) is 5.91 Å². The van der Waals surface area contributed by atoms with Crippen molar-refractivity contribution in [1.29, 1.82) is 5.26 Å². The van der Waals surface area contributed by atoms with Crippen LogP contribution in [-0.2, 0) is 21.1 Å². The Labute approximate surface area is 245 Å². The molecule has 0 aliphatic carbocycles. The fraction of sp³-hybridized carbons (Fsp3) is 0.281. The number of benzene rings is 1. The Kier molecular flexibility index (Phi) is 9.03. The summed E-state index contributed by atoms with van der Waals surface area (Å²) in [6, 6.07) is 13.0. The molecule has 42 heavy (non-hydrogen) atoms. The van der Waals surface area contributed by atoms with Crippen molar-refractivity contribution in [2.24, 2.45) is 5.41 Å². The Morgan fingerprint density at radius 2 is 1.88 bits per heavy atom. The van der Waals surface area contributed by atoms with E-state index < -0.39 is 5.41 Å². The number of esters is 1. The highest BCUT2D eigenvalue weighted by Crippen LogP contribution is 2.35. The number of methoxy groups -OCH3 is 1. The van der Waals surface area contributed by atoms with Gasteiger partial charge in [-0.15, -0.1) is 0 Å². The van der Waals surface area contributed by atoms with Crippen LogP contribution in [0.3, 0.4) is 0 Å². The highest BCUT2D eigenvalue weighted by molar-refractivity contribution is 6.00. The van der Waals surface area contributed by atoms with E-state index in [-0.39, 0.29) is 24.3 Å². The molecule has 0 unspecified atom stereocenters. The lowest BCUT2D eigenvalue weighted by Gasteiger charge is -2.17. The molecule has 1 aromatic carbocycles. The van der Waals surface area contributed by atoms with Crippen molar-refractivity contribution in [3.8, 4) is 34.1 Å². The molecule has 3 aromatic heterocycles. The summed E-state index contributed by atoms with van der Waals surface area (Å²) in [6.45, 7) is 6.01. The van der Waals surface area contributed by atoms with E-state index in [0.29, 0.717) is 23.6 Å². The largest absolute Gasteiger partial charge is 0.497 e. The number of fused-ring (bicyclic) bond motifs is 1. The molecule has 0 bridgehead atoms. The van der Waals surface area contributed by atoms with Crippen molar-refractivity contribution >= 4 is 28.6 Å². The van der Waals surface area contributed by atoms with E-state index in [1.54, 1.807) is 63.1 Å². The summed E-state index contributed by atoms with van der Waals surface area (Å²) in [5.41, 5.74) is 3.94. The first-order chi connectivity index (χ1) is 20.0. The summed E-state index contributed by atoms with van der Waals surface area (Å²) in [5.74, 6) is -0.0136. The number of nitrogens with one attached hydrogen (secondary N) is 1. The lowest BCUT2D eigenvalue weighted by Crippen LogP contribution is -2.23. The smallest absolute Gasteiger partial charge is 0.312 e. The van der Waals surface area contributed by atoms with E-state index in [9.17, 15) is 14.9 Å². The summed E-state index contributed by atoms with van der Waals surface area (Å²) >= 11 is 0. The molecule has 216 valence electrons. The highest BCUT2D eigenvalue weighted by atomic mass is 16.5. The molecule has 1 amide bonds. The summed E-state index contributed by atoms with van der Waals surface area (Å²) in [4.78, 5) is 35.8. The Bertz CT molecular complexity index is 1690. The maximum absolute atomic E-state index is 12.5. The molecule has 0 fully saturated rings. The topological polar surface area (TPSA) is 122 Å². The summed E-state index contributed by atoms with van der Waals surface area (Å²) in [7, 11) is 5.42. The van der Waals surface area contributed by atoms with Crippen molar-refractivity contribution in [1.82, 2.24) is 19.4 Å². The summed E-state index contributed by atoms with van der Waals surface area (Å²) in [5, 5.41) is 13.1. The van der Waals surface area contributed by atoms with Gasteiger partial charge in [0, 0.05) is 59.5 Å². The van der Waals surface area contributed by atoms with E-state index >= 15 is 0 Å². The van der Waals surface area contributed by atoms with E-state index in [4.69, 9.17) is 14.5 Å². The predicted octanol–water partition coefficient (Wildman–Crippen LogP) is 5.25. The monoisotopic (exact) mass is 566 g/mol. The normalized spacial score (nSPS) is 11.6. The van der Waals surface area contributed by atoms with Gasteiger partial charge in [0.25, 0.3) is 0 Å². The first-order valence-corrected chi connectivity index (χ1v) is 13.3. The highest BCUT2D eigenvalue weighted by Gasteiger charge is 2.24. The number of rotatable bonds is 9. The van der Waals surface area contributed by atoms with Gasteiger partial charge in [0.05, 0.1) is 12.5 Å². The van der Waals surface area contributed by atoms with Crippen LogP contribution in [0.5, 0.6) is 5.75 Å². The number of ether oxygens (including phenoxy) is 2. The van der Waals surface area contributed by atoms with Gasteiger partial charge < -0.3 is 19.7 Å². The average molecular weight is 567 g/mol. The van der Waals surface area contributed by atoms with Crippen LogP contribution in [0.2, 0.25) is 0 Å². The van der Waals surface area contributed by atoms with Gasteiger partial charge in [0.15, 0.2) is 6.73 Å². The number of nitriles is 1. The molecule has 0 saturated carbocycles. The van der Waals surface area contributed by atoms with Crippen molar-refractivity contribution in [2.75, 3.05) is 33.1 Å². The van der Waals surface area contributed by atoms with Crippen molar-refractivity contribution in [3.63, 3.8) is 0 Å². The predicted molar refractivity (Wildman–Crippen MR) is 162 cm³/mol. The molecule has 0 aliphatic heterocycles. The minimum atomic E-state index is -0.652. The number of likely N-dealkylation sites (N-methyl/N-ethyl adjacent to an activating group) is 1. The standard InChI is InChI=1S/C32H34N6O4/c1-32(2,3)31(40)42-20-38-19-28(21-9-10-34-25(12-21)17-33)27-15-23(18-35-30(27)38)22-13-24(16-26(14-22)41-6)36-29(39)8-7-11-37(4)5/h7-10,12-16,18-19H,11,20H2,1-6H3,(H,36,39). The maximum atomic E-state index is 12.5. The zero-order chi connectivity index (χ0) is 30.4. The third-order valence-corrected chi connectivity index (χ3v) is 6.33. The van der Waals surface area contributed by atoms with Crippen LogP contribution in [0, 0.1) is 16.7 Å². The van der Waals surface area contributed by atoms with E-state index in [0.717, 1.165) is 27.6 Å². The second-order valence-corrected chi connectivity index (χ2v) is 11.1. The zero-order valence-electron chi connectivity index (χ0n) is 24.6. The lowest BCUT2D eigenvalue weighted by atomic mass is 9.98. The van der Waals surface area contributed by atoms with Crippen LogP contribution in [0.25, 0.3) is 33.3 Å². The Balaban J connectivity index is 1.77. The molecule has 4 aromatic rings. The Morgan fingerprint density at radius 3 is 2.57 bits per heavy atom. The third-order valence-electron chi connectivity index (χ3n) is 6.33. The quantitative estimate of drug-likeness (QED) is 0.215. The molecule has 0 aliphatic rings. The number of amides is 1. The number of aromatic nitrogens is 3. The maximum Gasteiger partial charge on any atom is 0.312 e. The molecule has 0 spiro atoms. The molecule has 3 heterocycles. The third kappa shape index (κ3) is 7.19. The van der Waals surface area contributed by atoms with Gasteiger partial charge in [-0.25, -0.2) is 9.97 Å². The summed E-state index contributed by atoms with van der Waals surface area (Å²) in [6.07, 6.45) is 8.44. The molecule has 1 N–H and O–H groups in total. The molecule has 10 nitrogen and oxygen atoms in total. The number of hydrogen-bond acceptors (Lipinski definition) is 8. The first kappa shape index (κ1) is 30.0. The number of nitrogens with zero attached hydrogens (tertiary/aromatic N) is 5. The van der Waals surface area contributed by atoms with E-state index in [1.807, 2.05) is 49.5 Å². The molecule has 10 heteroatoms. The molecule has 0 atom stereocenters. The minimum absolute atomic E-state index is 0.0220. The van der Waals surface area contributed by atoms with Crippen LogP contribution in [0.1, 0.15) is 26.5 Å². The van der Waals surface area contributed by atoms with Gasteiger partial charge >= 0.3 is 5.97 Å². The van der Waals surface area contributed by atoms with Crippen molar-refractivity contribution < 1.29 is 19.1 Å². The van der Waals surface area contributed by atoms with Gasteiger partial charge in [-0.1, -0.05) is 6.08 Å². The van der Waals surface area contributed by atoms with E-state index in [2.05, 4.69) is 16.4 Å². The molecular weight excluding hydrogens is 532 g/mol. The first-order valence-electron chi connectivity index (χ1n) is 13.3. The molecule has 4 rings (SSSR count). The molecule has 0 radical (unpaired) electrons. The van der Waals surface area contributed by atoms with Crippen LogP contribution in [0.15, 0.2) is 67.1 Å². The Hall–Kier alpha value is -5.01. The number of carbonyl (C=O) groups is 2. The SMILES string of the molecule is COc1cc(NC(=O)C=CCN(C)C)cc(-c2cnc3c(c2)c(-c2ccnc(C#N)c2)cn3COC(=O)C(C)(C)C)c1. The fourth-order valence-corrected chi connectivity index (χ4v) is 4.17. The fourth-order valence-electron chi connectivity index (χ4n) is 4.17. The molecular formula is C32H34N6O4. The van der Waals surface area contributed by atoms with Crippen molar-refractivity contribution in [3.05, 3.63) is 72.8 Å². The van der Waals surface area contributed by atoms with Crippen LogP contribution >= 0.6 is 0 Å². The zero-order valence-corrected chi connectivity index (χ0v) is 24.6. The van der Waals surface area contributed by atoms with Crippen LogP contribution in [0.4, 0.5) is 5.69 Å². The van der Waals surface area contributed by atoms with Gasteiger partial charge in [-0.3, -0.25) is 14.2 Å². The number of anilines is 1. The van der Waals surface area contributed by atoms with Gasteiger partial charge in [-0.05, 0) is 76.3 Å². The van der Waals surface area contributed by atoms with E-state index in [1.165, 1.54) is 6.08 Å².